The lowest BCUT2D eigenvalue weighted by Crippen LogP contribution is -2.50. The van der Waals surface area contributed by atoms with Crippen molar-refractivity contribution in [1.82, 2.24) is 15.5 Å². The van der Waals surface area contributed by atoms with Crippen LogP contribution < -0.4 is 15.5 Å². The van der Waals surface area contributed by atoms with Crippen LogP contribution in [0.2, 0.25) is 0 Å². The van der Waals surface area contributed by atoms with E-state index in [9.17, 15) is 22.8 Å². The highest BCUT2D eigenvalue weighted by Gasteiger charge is 2.31. The maximum Gasteiger partial charge on any atom is 0.416 e. The monoisotopic (exact) mass is 372 g/mol. The molecule has 1 aliphatic heterocycles. The van der Waals surface area contributed by atoms with Crippen molar-refractivity contribution in [2.75, 3.05) is 50.7 Å². The van der Waals surface area contributed by atoms with Gasteiger partial charge in [0.1, 0.15) is 0 Å². The van der Waals surface area contributed by atoms with E-state index in [1.165, 1.54) is 6.07 Å². The van der Waals surface area contributed by atoms with Crippen molar-refractivity contribution in [2.24, 2.45) is 0 Å². The first-order valence-electron chi connectivity index (χ1n) is 8.47. The van der Waals surface area contributed by atoms with Crippen molar-refractivity contribution in [3.63, 3.8) is 0 Å². The SMILES string of the molecule is CCNC(=O)CNC(=O)CN1CCN(c2cccc(C(F)(F)F)c2)CC1. The number of carbonyl (C=O) groups is 2. The Balaban J connectivity index is 1.80. The molecule has 0 unspecified atom stereocenters. The van der Waals surface area contributed by atoms with Crippen LogP contribution in [-0.2, 0) is 15.8 Å². The fraction of sp³-hybridized carbons (Fsp3) is 0.529. The van der Waals surface area contributed by atoms with Crippen LogP contribution in [0.1, 0.15) is 12.5 Å². The van der Waals surface area contributed by atoms with Gasteiger partial charge in [-0.05, 0) is 25.1 Å². The van der Waals surface area contributed by atoms with E-state index in [4.69, 9.17) is 0 Å². The molecule has 2 rings (SSSR count). The molecule has 1 aliphatic rings. The van der Waals surface area contributed by atoms with E-state index in [1.807, 2.05) is 9.80 Å². The van der Waals surface area contributed by atoms with Gasteiger partial charge in [-0.3, -0.25) is 14.5 Å². The van der Waals surface area contributed by atoms with E-state index >= 15 is 0 Å². The van der Waals surface area contributed by atoms with Gasteiger partial charge in [0.05, 0.1) is 18.7 Å². The Morgan fingerprint density at radius 2 is 1.77 bits per heavy atom. The number of piperazine rings is 1. The zero-order chi connectivity index (χ0) is 19.2. The average molecular weight is 372 g/mol. The number of benzene rings is 1. The normalized spacial score (nSPS) is 15.6. The van der Waals surface area contributed by atoms with E-state index in [1.54, 1.807) is 13.0 Å². The van der Waals surface area contributed by atoms with Gasteiger partial charge in [-0.25, -0.2) is 0 Å². The summed E-state index contributed by atoms with van der Waals surface area (Å²) in [4.78, 5) is 27.0. The summed E-state index contributed by atoms with van der Waals surface area (Å²) in [6, 6.07) is 5.26. The number of anilines is 1. The van der Waals surface area contributed by atoms with Gasteiger partial charge in [-0.1, -0.05) is 6.07 Å². The quantitative estimate of drug-likeness (QED) is 0.785. The van der Waals surface area contributed by atoms with E-state index in [-0.39, 0.29) is 24.9 Å². The molecule has 0 aliphatic carbocycles. The van der Waals surface area contributed by atoms with Crippen LogP contribution in [0.25, 0.3) is 0 Å². The van der Waals surface area contributed by atoms with Crippen molar-refractivity contribution < 1.29 is 22.8 Å². The number of hydrogen-bond donors (Lipinski definition) is 2. The molecule has 0 aromatic heterocycles. The van der Waals surface area contributed by atoms with Crippen LogP contribution in [0.3, 0.4) is 0 Å². The van der Waals surface area contributed by atoms with E-state index in [0.717, 1.165) is 12.1 Å². The van der Waals surface area contributed by atoms with E-state index < -0.39 is 11.7 Å². The van der Waals surface area contributed by atoms with Gasteiger partial charge in [0.25, 0.3) is 0 Å². The molecule has 0 spiro atoms. The molecule has 2 N–H and O–H groups in total. The van der Waals surface area contributed by atoms with Gasteiger partial charge in [-0.15, -0.1) is 0 Å². The van der Waals surface area contributed by atoms with Gasteiger partial charge in [0.15, 0.2) is 0 Å². The molecule has 0 atom stereocenters. The molecular weight excluding hydrogens is 349 g/mol. The molecule has 0 bridgehead atoms. The second-order valence-corrected chi connectivity index (χ2v) is 6.04. The Hall–Kier alpha value is -2.29. The molecule has 0 saturated carbocycles. The summed E-state index contributed by atoms with van der Waals surface area (Å²) in [5.74, 6) is -0.487. The van der Waals surface area contributed by atoms with Crippen molar-refractivity contribution in [2.45, 2.75) is 13.1 Å². The van der Waals surface area contributed by atoms with Gasteiger partial charge in [0, 0.05) is 38.4 Å². The summed E-state index contributed by atoms with van der Waals surface area (Å²) in [5.41, 5.74) is -0.137. The van der Waals surface area contributed by atoms with Crippen molar-refractivity contribution >= 4 is 17.5 Å². The average Bonchev–Trinajstić information content (AvgIpc) is 2.60. The van der Waals surface area contributed by atoms with Crippen LogP contribution in [-0.4, -0.2) is 62.5 Å². The van der Waals surface area contributed by atoms with E-state index in [2.05, 4.69) is 10.6 Å². The minimum Gasteiger partial charge on any atom is -0.369 e. The molecule has 144 valence electrons. The molecule has 26 heavy (non-hydrogen) atoms. The zero-order valence-corrected chi connectivity index (χ0v) is 14.6. The largest absolute Gasteiger partial charge is 0.416 e. The minimum atomic E-state index is -4.36. The van der Waals surface area contributed by atoms with Gasteiger partial charge >= 0.3 is 6.18 Å². The first-order chi connectivity index (χ1) is 12.3. The van der Waals surface area contributed by atoms with Crippen LogP contribution in [0.15, 0.2) is 24.3 Å². The first-order valence-corrected chi connectivity index (χ1v) is 8.47. The number of likely N-dealkylation sites (N-methyl/N-ethyl adjacent to an activating group) is 1. The lowest BCUT2D eigenvalue weighted by Gasteiger charge is -2.36. The van der Waals surface area contributed by atoms with Crippen LogP contribution in [0.5, 0.6) is 0 Å². The first kappa shape index (κ1) is 20.0. The van der Waals surface area contributed by atoms with Crippen LogP contribution in [0.4, 0.5) is 18.9 Å². The number of hydrogen-bond acceptors (Lipinski definition) is 4. The zero-order valence-electron chi connectivity index (χ0n) is 14.6. The van der Waals surface area contributed by atoms with Gasteiger partial charge in [0.2, 0.25) is 11.8 Å². The number of rotatable bonds is 6. The van der Waals surface area contributed by atoms with Gasteiger partial charge < -0.3 is 15.5 Å². The summed E-state index contributed by atoms with van der Waals surface area (Å²) in [7, 11) is 0. The second-order valence-electron chi connectivity index (χ2n) is 6.04. The fourth-order valence-corrected chi connectivity index (χ4v) is 2.74. The predicted molar refractivity (Wildman–Crippen MR) is 91.8 cm³/mol. The Kier molecular flexibility index (Phi) is 6.84. The third-order valence-corrected chi connectivity index (χ3v) is 4.10. The summed E-state index contributed by atoms with van der Waals surface area (Å²) >= 11 is 0. The lowest BCUT2D eigenvalue weighted by atomic mass is 10.1. The molecule has 1 aromatic carbocycles. The fourth-order valence-electron chi connectivity index (χ4n) is 2.74. The maximum absolute atomic E-state index is 12.8. The van der Waals surface area contributed by atoms with Crippen molar-refractivity contribution in [3.8, 4) is 0 Å². The number of nitrogens with zero attached hydrogens (tertiary/aromatic N) is 2. The van der Waals surface area contributed by atoms with Crippen LogP contribution >= 0.6 is 0 Å². The molecule has 1 fully saturated rings. The molecule has 2 amide bonds. The molecular formula is C17H23F3N4O2. The Morgan fingerprint density at radius 1 is 1.08 bits per heavy atom. The minimum absolute atomic E-state index is 0.0587. The highest BCUT2D eigenvalue weighted by Crippen LogP contribution is 2.31. The number of carbonyl (C=O) groups excluding carboxylic acids is 2. The van der Waals surface area contributed by atoms with Crippen molar-refractivity contribution in [1.29, 1.82) is 0 Å². The highest BCUT2D eigenvalue weighted by atomic mass is 19.4. The summed E-state index contributed by atoms with van der Waals surface area (Å²) in [5, 5.41) is 5.14. The summed E-state index contributed by atoms with van der Waals surface area (Å²) in [6.07, 6.45) is -4.36. The highest BCUT2D eigenvalue weighted by molar-refractivity contribution is 5.85. The third kappa shape index (κ3) is 5.91. The predicted octanol–water partition coefficient (Wildman–Crippen LogP) is 1.08. The smallest absolute Gasteiger partial charge is 0.369 e. The molecule has 1 aromatic rings. The standard InChI is InChI=1S/C17H23F3N4O2/c1-2-21-15(25)11-22-16(26)12-23-6-8-24(9-7-23)14-5-3-4-13(10-14)17(18,19)20/h3-5,10H,2,6-9,11-12H2,1H3,(H,21,25)(H,22,26). The molecule has 6 nitrogen and oxygen atoms in total. The summed E-state index contributed by atoms with van der Waals surface area (Å²) < 4.78 is 38.5. The number of halogens is 3. The molecule has 0 radical (unpaired) electrons. The Bertz CT molecular complexity index is 629. The lowest BCUT2D eigenvalue weighted by molar-refractivity contribution is -0.137. The molecule has 9 heteroatoms. The van der Waals surface area contributed by atoms with Crippen LogP contribution in [0, 0.1) is 0 Å². The molecule has 1 saturated heterocycles. The Labute approximate surface area is 150 Å². The second kappa shape index (κ2) is 8.88. The Morgan fingerprint density at radius 3 is 2.38 bits per heavy atom. The maximum atomic E-state index is 12.8. The number of nitrogens with one attached hydrogen (secondary N) is 2. The van der Waals surface area contributed by atoms with Crippen molar-refractivity contribution in [3.05, 3.63) is 29.8 Å². The third-order valence-electron chi connectivity index (χ3n) is 4.10. The summed E-state index contributed by atoms with van der Waals surface area (Å²) in [6.45, 7) is 4.59. The topological polar surface area (TPSA) is 64.7 Å². The van der Waals surface area contributed by atoms with Gasteiger partial charge in [-0.2, -0.15) is 13.2 Å². The van der Waals surface area contributed by atoms with E-state index in [0.29, 0.717) is 38.4 Å². The number of amides is 2. The number of alkyl halides is 3. The molecule has 1 heterocycles.